The number of methoxy groups -OCH3 is 2. The fraction of sp³-hybridized carbons (Fsp3) is 0.533. The fourth-order valence-electron chi connectivity index (χ4n) is 3.24. The highest BCUT2D eigenvalue weighted by Crippen LogP contribution is 2.62. The lowest BCUT2D eigenvalue weighted by Gasteiger charge is -2.42. The minimum absolute atomic E-state index is 0.0287. The SMILES string of the molecule is COc1ccc(OC)c2c1C[C@](O)(C(=O)O)CC21SCCS1. The van der Waals surface area contributed by atoms with Gasteiger partial charge in [-0.3, -0.25) is 0 Å². The van der Waals surface area contributed by atoms with E-state index in [0.717, 1.165) is 28.4 Å². The molecule has 5 nitrogen and oxygen atoms in total. The van der Waals surface area contributed by atoms with Gasteiger partial charge >= 0.3 is 5.97 Å². The molecule has 1 atom stereocenters. The van der Waals surface area contributed by atoms with E-state index in [4.69, 9.17) is 9.47 Å². The Labute approximate surface area is 137 Å². The van der Waals surface area contributed by atoms with Gasteiger partial charge < -0.3 is 19.7 Å². The number of benzene rings is 1. The molecule has 0 bridgehead atoms. The number of carboxylic acid groups (broad SMARTS) is 1. The van der Waals surface area contributed by atoms with Gasteiger partial charge in [-0.1, -0.05) is 0 Å². The van der Waals surface area contributed by atoms with Crippen LogP contribution in [0.4, 0.5) is 0 Å². The lowest BCUT2D eigenvalue weighted by atomic mass is 9.78. The number of fused-ring (bicyclic) bond motifs is 2. The number of thioether (sulfide) groups is 2. The molecule has 0 aromatic heterocycles. The van der Waals surface area contributed by atoms with Gasteiger partial charge in [0.1, 0.15) is 11.5 Å². The van der Waals surface area contributed by atoms with Gasteiger partial charge in [-0.2, -0.15) is 0 Å². The molecule has 1 fully saturated rings. The molecule has 1 saturated heterocycles. The molecule has 1 aliphatic heterocycles. The lowest BCUT2D eigenvalue weighted by molar-refractivity contribution is -0.160. The van der Waals surface area contributed by atoms with E-state index in [9.17, 15) is 15.0 Å². The largest absolute Gasteiger partial charge is 0.496 e. The van der Waals surface area contributed by atoms with Crippen molar-refractivity contribution in [2.45, 2.75) is 22.5 Å². The van der Waals surface area contributed by atoms with Crippen molar-refractivity contribution in [1.29, 1.82) is 0 Å². The summed E-state index contributed by atoms with van der Waals surface area (Å²) in [7, 11) is 3.16. The van der Waals surface area contributed by atoms with Crippen LogP contribution in [-0.4, -0.2) is 47.5 Å². The second-order valence-corrected chi connectivity index (χ2v) is 8.51. The third-order valence-corrected chi connectivity index (χ3v) is 7.61. The molecular formula is C15H18O5S2. The number of aliphatic hydroxyl groups is 1. The van der Waals surface area contributed by atoms with E-state index in [2.05, 4.69) is 0 Å². The maximum atomic E-state index is 11.6. The fourth-order valence-corrected chi connectivity index (χ4v) is 6.82. The van der Waals surface area contributed by atoms with Crippen LogP contribution in [-0.2, 0) is 15.3 Å². The minimum Gasteiger partial charge on any atom is -0.496 e. The van der Waals surface area contributed by atoms with Crippen molar-refractivity contribution < 1.29 is 24.5 Å². The Morgan fingerprint density at radius 3 is 2.32 bits per heavy atom. The molecule has 0 amide bonds. The first-order valence-corrected chi connectivity index (χ1v) is 8.91. The predicted octanol–water partition coefficient (Wildman–Crippen LogP) is 2.10. The van der Waals surface area contributed by atoms with E-state index >= 15 is 0 Å². The second kappa shape index (κ2) is 5.54. The molecule has 120 valence electrons. The maximum Gasteiger partial charge on any atom is 0.336 e. The van der Waals surface area contributed by atoms with Crippen LogP contribution < -0.4 is 9.47 Å². The van der Waals surface area contributed by atoms with E-state index in [1.165, 1.54) is 0 Å². The van der Waals surface area contributed by atoms with Crippen LogP contribution in [0.3, 0.4) is 0 Å². The highest BCUT2D eigenvalue weighted by Gasteiger charge is 2.55. The Morgan fingerprint density at radius 1 is 1.18 bits per heavy atom. The maximum absolute atomic E-state index is 11.6. The lowest BCUT2D eigenvalue weighted by Crippen LogP contribution is -2.49. The van der Waals surface area contributed by atoms with E-state index in [1.54, 1.807) is 43.8 Å². The van der Waals surface area contributed by atoms with Gasteiger partial charge in [0.05, 0.1) is 18.3 Å². The van der Waals surface area contributed by atoms with Gasteiger partial charge in [0.25, 0.3) is 0 Å². The molecule has 1 aromatic carbocycles. The van der Waals surface area contributed by atoms with Crippen molar-refractivity contribution in [3.8, 4) is 11.5 Å². The molecule has 3 rings (SSSR count). The summed E-state index contributed by atoms with van der Waals surface area (Å²) < 4.78 is 10.4. The van der Waals surface area contributed by atoms with E-state index in [-0.39, 0.29) is 12.8 Å². The quantitative estimate of drug-likeness (QED) is 0.871. The van der Waals surface area contributed by atoms with Gasteiger partial charge in [-0.15, -0.1) is 23.5 Å². The van der Waals surface area contributed by atoms with Crippen molar-refractivity contribution >= 4 is 29.5 Å². The van der Waals surface area contributed by atoms with Gasteiger partial charge in [0, 0.05) is 35.5 Å². The van der Waals surface area contributed by atoms with Crippen LogP contribution >= 0.6 is 23.5 Å². The number of ether oxygens (including phenoxy) is 2. The molecule has 1 aromatic rings. The summed E-state index contributed by atoms with van der Waals surface area (Å²) in [4.78, 5) is 11.6. The van der Waals surface area contributed by atoms with Gasteiger partial charge in [0.15, 0.2) is 5.60 Å². The number of carboxylic acids is 1. The second-order valence-electron chi connectivity index (χ2n) is 5.46. The van der Waals surface area contributed by atoms with Gasteiger partial charge in [-0.05, 0) is 12.1 Å². The van der Waals surface area contributed by atoms with Crippen LogP contribution in [0, 0.1) is 0 Å². The first-order chi connectivity index (χ1) is 10.5. The average molecular weight is 342 g/mol. The monoisotopic (exact) mass is 342 g/mol. The molecule has 2 N–H and O–H groups in total. The van der Waals surface area contributed by atoms with Crippen LogP contribution in [0.15, 0.2) is 12.1 Å². The van der Waals surface area contributed by atoms with Crippen LogP contribution in [0.2, 0.25) is 0 Å². The summed E-state index contributed by atoms with van der Waals surface area (Å²) in [6, 6.07) is 3.62. The molecule has 0 radical (unpaired) electrons. The first-order valence-electron chi connectivity index (χ1n) is 6.94. The number of carbonyl (C=O) groups is 1. The Kier molecular flexibility index (Phi) is 3.99. The Morgan fingerprint density at radius 2 is 1.77 bits per heavy atom. The molecule has 2 aliphatic rings. The molecule has 7 heteroatoms. The zero-order chi connectivity index (χ0) is 16.0. The molecule has 0 unspecified atom stereocenters. The molecule has 0 saturated carbocycles. The number of hydrogen-bond donors (Lipinski definition) is 2. The smallest absolute Gasteiger partial charge is 0.336 e. The van der Waals surface area contributed by atoms with Crippen molar-refractivity contribution in [2.75, 3.05) is 25.7 Å². The van der Waals surface area contributed by atoms with Crippen LogP contribution in [0.1, 0.15) is 17.5 Å². The van der Waals surface area contributed by atoms with Gasteiger partial charge in [0.2, 0.25) is 0 Å². The third-order valence-electron chi connectivity index (χ3n) is 4.20. The summed E-state index contributed by atoms with van der Waals surface area (Å²) in [6.07, 6.45) is 0.197. The predicted molar refractivity (Wildman–Crippen MR) is 87.0 cm³/mol. The Bertz CT molecular complexity index is 612. The summed E-state index contributed by atoms with van der Waals surface area (Å²) in [5, 5.41) is 20.2. The van der Waals surface area contributed by atoms with E-state index < -0.39 is 15.6 Å². The Hall–Kier alpha value is -1.05. The number of aliphatic carboxylic acids is 1. The summed E-state index contributed by atoms with van der Waals surface area (Å²) >= 11 is 3.36. The summed E-state index contributed by atoms with van der Waals surface area (Å²) in [5.74, 6) is 1.98. The zero-order valence-electron chi connectivity index (χ0n) is 12.4. The molecule has 1 spiro atoms. The average Bonchev–Trinajstić information content (AvgIpc) is 2.94. The third kappa shape index (κ3) is 2.26. The number of hydrogen-bond acceptors (Lipinski definition) is 6. The van der Waals surface area contributed by atoms with Crippen molar-refractivity contribution in [3.05, 3.63) is 23.3 Å². The zero-order valence-corrected chi connectivity index (χ0v) is 14.1. The van der Waals surface area contributed by atoms with Crippen LogP contribution in [0.5, 0.6) is 11.5 Å². The standard InChI is InChI=1S/C15H18O5S2/c1-19-10-3-4-11(20-2)12-9(10)7-14(18,13(16)17)8-15(12)21-5-6-22-15/h3-4,18H,5-8H2,1-2H3,(H,16,17)/t14-/m1/s1. The van der Waals surface area contributed by atoms with Crippen LogP contribution in [0.25, 0.3) is 0 Å². The minimum atomic E-state index is -1.78. The van der Waals surface area contributed by atoms with E-state index in [0.29, 0.717) is 5.75 Å². The normalized spacial score (nSPS) is 25.8. The molecule has 1 heterocycles. The van der Waals surface area contributed by atoms with E-state index in [1.807, 2.05) is 6.07 Å². The highest BCUT2D eigenvalue weighted by atomic mass is 32.2. The molecule has 1 aliphatic carbocycles. The van der Waals surface area contributed by atoms with Crippen molar-refractivity contribution in [1.82, 2.24) is 0 Å². The summed E-state index contributed by atoms with van der Waals surface area (Å²) in [5.41, 5.74) is -0.0792. The molecule has 22 heavy (non-hydrogen) atoms. The first kappa shape index (κ1) is 15.8. The van der Waals surface area contributed by atoms with Crippen molar-refractivity contribution in [3.63, 3.8) is 0 Å². The number of rotatable bonds is 3. The van der Waals surface area contributed by atoms with Crippen molar-refractivity contribution in [2.24, 2.45) is 0 Å². The Balaban J connectivity index is 2.25. The van der Waals surface area contributed by atoms with Gasteiger partial charge in [-0.25, -0.2) is 4.79 Å². The topological polar surface area (TPSA) is 76.0 Å². The highest BCUT2D eigenvalue weighted by molar-refractivity contribution is 8.20. The molecular weight excluding hydrogens is 324 g/mol. The summed E-state index contributed by atoms with van der Waals surface area (Å²) in [6.45, 7) is 0.